The summed E-state index contributed by atoms with van der Waals surface area (Å²) in [5, 5.41) is 18.4. The monoisotopic (exact) mass is 581 g/mol. The molecule has 0 saturated heterocycles. The van der Waals surface area contributed by atoms with Crippen molar-refractivity contribution in [2.75, 3.05) is 6.61 Å². The highest BCUT2D eigenvalue weighted by Crippen LogP contribution is 2.19. The zero-order valence-corrected chi connectivity index (χ0v) is 23.9. The number of alkyl carbamates (subject to hydrolysis) is 1. The van der Waals surface area contributed by atoms with Crippen LogP contribution in [0.4, 0.5) is 4.79 Å². The largest absolute Gasteiger partial charge is 0.481 e. The Morgan fingerprint density at radius 3 is 2.26 bits per heavy atom. The quantitative estimate of drug-likeness (QED) is 0.301. The van der Waals surface area contributed by atoms with Gasteiger partial charge >= 0.3 is 18.0 Å². The van der Waals surface area contributed by atoms with Crippen LogP contribution in [-0.2, 0) is 35.3 Å². The van der Waals surface area contributed by atoms with Gasteiger partial charge in [0.2, 0.25) is 6.10 Å². The summed E-state index contributed by atoms with van der Waals surface area (Å²) in [5.74, 6) is -3.77. The first-order valence-electron chi connectivity index (χ1n) is 13.4. The molecule has 0 saturated carbocycles. The van der Waals surface area contributed by atoms with Gasteiger partial charge in [-0.1, -0.05) is 67.5 Å². The van der Waals surface area contributed by atoms with Crippen molar-refractivity contribution in [3.63, 3.8) is 0 Å². The van der Waals surface area contributed by atoms with Crippen molar-refractivity contribution in [1.29, 1.82) is 0 Å². The summed E-state index contributed by atoms with van der Waals surface area (Å²) >= 11 is 0. The molecule has 2 aromatic rings. The number of hydrogen-bond acceptors (Lipinski definition) is 9. The van der Waals surface area contributed by atoms with E-state index in [-0.39, 0.29) is 18.9 Å². The number of carboxylic acids is 1. The lowest BCUT2D eigenvalue weighted by molar-refractivity contribution is -0.142. The number of Topliss-reactive ketones (excluding diaryl/α,β-unsaturated/α-hetero) is 1. The Balaban J connectivity index is 1.56. The summed E-state index contributed by atoms with van der Waals surface area (Å²) in [6, 6.07) is 12.3. The molecule has 42 heavy (non-hydrogen) atoms. The molecule has 3 atom stereocenters. The number of carbonyl (C=O) groups is 5. The molecule has 1 aliphatic heterocycles. The zero-order valence-electron chi connectivity index (χ0n) is 23.9. The Labute approximate surface area is 243 Å². The molecule has 1 aliphatic rings. The van der Waals surface area contributed by atoms with Gasteiger partial charge in [0.1, 0.15) is 12.6 Å². The molecule has 2 aromatic carbocycles. The first kappa shape index (κ1) is 31.8. The predicted molar refractivity (Wildman–Crippen MR) is 151 cm³/mol. The third-order valence-electron chi connectivity index (χ3n) is 6.61. The summed E-state index contributed by atoms with van der Waals surface area (Å²) in [6.45, 7) is 6.49. The van der Waals surface area contributed by atoms with Gasteiger partial charge in [0.25, 0.3) is 5.91 Å². The van der Waals surface area contributed by atoms with Crippen molar-refractivity contribution in [3.05, 3.63) is 70.8 Å². The molecule has 1 heterocycles. The molecule has 3 N–H and O–H groups in total. The van der Waals surface area contributed by atoms with E-state index in [1.165, 1.54) is 0 Å². The smallest absolute Gasteiger partial charge is 0.408 e. The number of carbonyl (C=O) groups excluding carboxylic acids is 4. The number of ether oxygens (including phenoxy) is 2. The van der Waals surface area contributed by atoms with Crippen molar-refractivity contribution >= 4 is 35.4 Å². The molecule has 224 valence electrons. The number of aryl methyl sites for hydroxylation is 2. The number of ketones is 1. The SMILES string of the molecule is Cc1cccc(C)c1C(=O)OCC(=O)[C@H](CC(=O)O)NC(=O)C1CC([C@@H](NC(=O)OCc2ccccc2)C(C)C)=NO1. The molecule has 2 amide bonds. The molecule has 0 fully saturated rings. The fourth-order valence-corrected chi connectivity index (χ4v) is 4.38. The van der Waals surface area contributed by atoms with Crippen LogP contribution in [0.2, 0.25) is 0 Å². The van der Waals surface area contributed by atoms with E-state index in [9.17, 15) is 29.1 Å². The Bertz CT molecular complexity index is 1320. The average Bonchev–Trinajstić information content (AvgIpc) is 3.43. The number of esters is 1. The van der Waals surface area contributed by atoms with Crippen LogP contribution in [-0.4, -0.2) is 65.3 Å². The highest BCUT2D eigenvalue weighted by molar-refractivity contribution is 6.00. The fraction of sp³-hybridized carbons (Fsp3) is 0.400. The van der Waals surface area contributed by atoms with E-state index in [1.54, 1.807) is 32.0 Å². The van der Waals surface area contributed by atoms with Gasteiger partial charge < -0.3 is 30.1 Å². The van der Waals surface area contributed by atoms with Crippen molar-refractivity contribution in [2.24, 2.45) is 11.1 Å². The normalized spacial score (nSPS) is 15.5. The topological polar surface area (TPSA) is 170 Å². The predicted octanol–water partition coefficient (Wildman–Crippen LogP) is 3.08. The van der Waals surface area contributed by atoms with Gasteiger partial charge in [-0.2, -0.15) is 0 Å². The van der Waals surface area contributed by atoms with Crippen LogP contribution in [0, 0.1) is 19.8 Å². The third-order valence-corrected chi connectivity index (χ3v) is 6.61. The van der Waals surface area contributed by atoms with Crippen LogP contribution in [0.3, 0.4) is 0 Å². The molecule has 0 radical (unpaired) electrons. The molecule has 0 bridgehead atoms. The second-order valence-corrected chi connectivity index (χ2v) is 10.3. The maximum atomic E-state index is 12.9. The highest BCUT2D eigenvalue weighted by atomic mass is 16.6. The van der Waals surface area contributed by atoms with Crippen molar-refractivity contribution in [1.82, 2.24) is 10.6 Å². The third kappa shape index (κ3) is 8.88. The fourth-order valence-electron chi connectivity index (χ4n) is 4.38. The van der Waals surface area contributed by atoms with Crippen LogP contribution in [0.25, 0.3) is 0 Å². The standard InChI is InChI=1S/C30H35N3O9/c1-17(2)27(32-30(39)41-15-20-11-6-5-7-12-20)22-13-24(42-33-22)28(37)31-21(14-25(35)36)23(34)16-40-29(38)26-18(3)9-8-10-19(26)4/h5-12,17,21,24,27H,13-16H2,1-4H3,(H,31,37)(H,32,39)(H,35,36)/t21-,24?,27-/m0/s1. The number of aliphatic carboxylic acids is 1. The molecule has 3 rings (SSSR count). The highest BCUT2D eigenvalue weighted by Gasteiger charge is 2.36. The molecular formula is C30H35N3O9. The van der Waals surface area contributed by atoms with E-state index in [0.717, 1.165) is 5.56 Å². The molecular weight excluding hydrogens is 546 g/mol. The lowest BCUT2D eigenvalue weighted by Crippen LogP contribution is -2.49. The summed E-state index contributed by atoms with van der Waals surface area (Å²) in [4.78, 5) is 67.4. The minimum atomic E-state index is -1.47. The van der Waals surface area contributed by atoms with Gasteiger partial charge in [-0.25, -0.2) is 9.59 Å². The van der Waals surface area contributed by atoms with Gasteiger partial charge in [-0.05, 0) is 36.5 Å². The maximum Gasteiger partial charge on any atom is 0.408 e. The second kappa shape index (κ2) is 14.8. The Morgan fingerprint density at radius 1 is 0.976 bits per heavy atom. The molecule has 0 spiro atoms. The maximum absolute atomic E-state index is 12.9. The van der Waals surface area contributed by atoms with E-state index < -0.39 is 60.9 Å². The van der Waals surface area contributed by atoms with Gasteiger partial charge in [0.15, 0.2) is 12.4 Å². The van der Waals surface area contributed by atoms with Gasteiger partial charge in [-0.3, -0.25) is 14.4 Å². The summed E-state index contributed by atoms with van der Waals surface area (Å²) in [7, 11) is 0. The zero-order chi connectivity index (χ0) is 30.8. The Kier molecular flexibility index (Phi) is 11.2. The minimum Gasteiger partial charge on any atom is -0.481 e. The number of nitrogens with zero attached hydrogens (tertiary/aromatic N) is 1. The Hall–Kier alpha value is -4.74. The number of oxime groups is 1. The number of amides is 2. The van der Waals surface area contributed by atoms with E-state index in [2.05, 4.69) is 15.8 Å². The Morgan fingerprint density at radius 2 is 1.64 bits per heavy atom. The van der Waals surface area contributed by atoms with E-state index >= 15 is 0 Å². The van der Waals surface area contributed by atoms with Crippen molar-refractivity contribution < 1.29 is 43.4 Å². The minimum absolute atomic E-state index is 0.0107. The van der Waals surface area contributed by atoms with Crippen LogP contribution >= 0.6 is 0 Å². The van der Waals surface area contributed by atoms with Gasteiger partial charge in [0, 0.05) is 6.42 Å². The summed E-state index contributed by atoms with van der Waals surface area (Å²) < 4.78 is 10.4. The van der Waals surface area contributed by atoms with Crippen LogP contribution in [0.1, 0.15) is 53.7 Å². The molecule has 12 heteroatoms. The number of hydrogen-bond donors (Lipinski definition) is 3. The van der Waals surface area contributed by atoms with Gasteiger partial charge in [-0.15, -0.1) is 0 Å². The lowest BCUT2D eigenvalue weighted by Gasteiger charge is -2.21. The van der Waals surface area contributed by atoms with Crippen molar-refractivity contribution in [2.45, 2.75) is 65.3 Å². The molecule has 0 aromatic heterocycles. The second-order valence-electron chi connectivity index (χ2n) is 10.3. The van der Waals surface area contributed by atoms with E-state index in [1.807, 2.05) is 44.2 Å². The summed E-state index contributed by atoms with van der Waals surface area (Å²) in [5.41, 5.74) is 2.83. The van der Waals surface area contributed by atoms with Gasteiger partial charge in [0.05, 0.1) is 23.7 Å². The van der Waals surface area contributed by atoms with Crippen LogP contribution in [0.15, 0.2) is 53.7 Å². The first-order chi connectivity index (χ1) is 20.0. The summed E-state index contributed by atoms with van der Waals surface area (Å²) in [6.07, 6.45) is -2.57. The number of rotatable bonds is 13. The number of benzene rings is 2. The van der Waals surface area contributed by atoms with E-state index in [4.69, 9.17) is 14.3 Å². The van der Waals surface area contributed by atoms with Crippen molar-refractivity contribution in [3.8, 4) is 0 Å². The molecule has 12 nitrogen and oxygen atoms in total. The van der Waals surface area contributed by atoms with Crippen LogP contribution < -0.4 is 10.6 Å². The average molecular weight is 582 g/mol. The first-order valence-corrected chi connectivity index (χ1v) is 13.4. The number of nitrogens with one attached hydrogen (secondary N) is 2. The molecule has 1 unspecified atom stereocenters. The lowest BCUT2D eigenvalue weighted by atomic mass is 9.95. The molecule has 0 aliphatic carbocycles. The van der Waals surface area contributed by atoms with E-state index in [0.29, 0.717) is 22.4 Å². The number of carboxylic acid groups (broad SMARTS) is 1. The van der Waals surface area contributed by atoms with Crippen LogP contribution in [0.5, 0.6) is 0 Å².